The molecule has 1 saturated heterocycles. The molecule has 1 aliphatic heterocycles. The predicted molar refractivity (Wildman–Crippen MR) is 142 cm³/mol. The van der Waals surface area contributed by atoms with Crippen LogP contribution in [0.3, 0.4) is 0 Å². The molecule has 0 aliphatic carbocycles. The number of pyridine rings is 1. The van der Waals surface area contributed by atoms with Crippen LogP contribution in [-0.4, -0.2) is 61.3 Å². The third-order valence-corrected chi connectivity index (χ3v) is 6.66. The number of nitrogens with one attached hydrogen (secondary N) is 1. The summed E-state index contributed by atoms with van der Waals surface area (Å²) in [6.07, 6.45) is -2.51. The van der Waals surface area contributed by atoms with Gasteiger partial charge >= 0.3 is 6.18 Å². The first-order valence-electron chi connectivity index (χ1n) is 13.1. The van der Waals surface area contributed by atoms with Gasteiger partial charge in [-0.3, -0.25) is 4.79 Å². The van der Waals surface area contributed by atoms with Crippen LogP contribution in [0.1, 0.15) is 48.3 Å². The van der Waals surface area contributed by atoms with E-state index in [1.807, 2.05) is 24.8 Å². The lowest BCUT2D eigenvalue weighted by atomic mass is 10.0. The quantitative estimate of drug-likeness (QED) is 0.341. The van der Waals surface area contributed by atoms with Crippen molar-refractivity contribution in [2.45, 2.75) is 51.6 Å². The standard InChI is InChI=1S/C29H34F3N3O4/c1-19(2)35(22-6-5-13-33-17-22)28(36)24-16-26(38-15-14-37-3)23-7-4-8-25(27(23)34-24)39-18-20-9-11-21(12-10-20)29(30,31)32/h4,7-12,16,19,22,33H,5-6,13-15,17-18H2,1-3H3/t22-/m1/s1. The summed E-state index contributed by atoms with van der Waals surface area (Å²) in [7, 11) is 1.58. The number of methoxy groups -OCH3 is 1. The van der Waals surface area contributed by atoms with Crippen molar-refractivity contribution in [1.82, 2.24) is 15.2 Å². The number of benzene rings is 2. The summed E-state index contributed by atoms with van der Waals surface area (Å²) in [5, 5.41) is 4.03. The predicted octanol–water partition coefficient (Wildman–Crippen LogP) is 5.46. The molecule has 2 aromatic carbocycles. The molecule has 0 spiro atoms. The van der Waals surface area contributed by atoms with Gasteiger partial charge in [0.25, 0.3) is 5.91 Å². The first kappa shape index (κ1) is 28.6. The van der Waals surface area contributed by atoms with Crippen molar-refractivity contribution in [3.8, 4) is 11.5 Å². The Morgan fingerprint density at radius 3 is 2.51 bits per heavy atom. The molecule has 1 amide bonds. The number of alkyl halides is 3. The fraction of sp³-hybridized carbons (Fsp3) is 0.448. The van der Waals surface area contributed by atoms with Gasteiger partial charge in [-0.2, -0.15) is 13.2 Å². The number of hydrogen-bond donors (Lipinski definition) is 1. The lowest BCUT2D eigenvalue weighted by Crippen LogP contribution is -2.51. The maximum absolute atomic E-state index is 13.8. The van der Waals surface area contributed by atoms with Crippen molar-refractivity contribution in [1.29, 1.82) is 0 Å². The van der Waals surface area contributed by atoms with Crippen LogP contribution in [0.15, 0.2) is 48.5 Å². The zero-order chi connectivity index (χ0) is 28.0. The van der Waals surface area contributed by atoms with E-state index in [4.69, 9.17) is 19.2 Å². The molecule has 0 saturated carbocycles. The minimum absolute atomic E-state index is 0.0306. The maximum Gasteiger partial charge on any atom is 0.416 e. The van der Waals surface area contributed by atoms with E-state index in [9.17, 15) is 18.0 Å². The highest BCUT2D eigenvalue weighted by Gasteiger charge is 2.31. The number of rotatable bonds is 10. The number of fused-ring (bicyclic) bond motifs is 1. The fourth-order valence-electron chi connectivity index (χ4n) is 4.75. The summed E-state index contributed by atoms with van der Waals surface area (Å²) in [6.45, 7) is 6.30. The zero-order valence-electron chi connectivity index (χ0n) is 22.4. The Balaban J connectivity index is 1.68. The minimum atomic E-state index is -4.40. The Kier molecular flexibility index (Phi) is 9.29. The number of carbonyl (C=O) groups is 1. The molecule has 0 unspecified atom stereocenters. The molecular formula is C29H34F3N3O4. The van der Waals surface area contributed by atoms with Crippen molar-refractivity contribution in [2.24, 2.45) is 0 Å². The van der Waals surface area contributed by atoms with Crippen LogP contribution in [-0.2, 0) is 17.5 Å². The Morgan fingerprint density at radius 2 is 1.87 bits per heavy atom. The first-order valence-corrected chi connectivity index (χ1v) is 13.1. The lowest BCUT2D eigenvalue weighted by Gasteiger charge is -2.37. The highest BCUT2D eigenvalue weighted by atomic mass is 19.4. The summed E-state index contributed by atoms with van der Waals surface area (Å²) in [6, 6.07) is 11.8. The van der Waals surface area contributed by atoms with E-state index >= 15 is 0 Å². The van der Waals surface area contributed by atoms with E-state index in [0.717, 1.165) is 38.1 Å². The summed E-state index contributed by atoms with van der Waals surface area (Å²) in [5.74, 6) is 0.676. The van der Waals surface area contributed by atoms with Crippen LogP contribution in [0, 0.1) is 0 Å². The number of aromatic nitrogens is 1. The minimum Gasteiger partial charge on any atom is -0.490 e. The summed E-state index contributed by atoms with van der Waals surface area (Å²) < 4.78 is 55.9. The number of ether oxygens (including phenoxy) is 3. The molecule has 7 nitrogen and oxygen atoms in total. The molecule has 0 bridgehead atoms. The van der Waals surface area contributed by atoms with Gasteiger partial charge in [0.05, 0.1) is 12.2 Å². The molecule has 3 aromatic rings. The molecule has 10 heteroatoms. The molecule has 1 N–H and O–H groups in total. The van der Waals surface area contributed by atoms with Gasteiger partial charge in [0, 0.05) is 37.2 Å². The van der Waals surface area contributed by atoms with Gasteiger partial charge in [-0.25, -0.2) is 4.98 Å². The molecule has 210 valence electrons. The number of piperidine rings is 1. The molecule has 0 radical (unpaired) electrons. The molecule has 1 aromatic heterocycles. The molecular weight excluding hydrogens is 511 g/mol. The first-order chi connectivity index (χ1) is 18.7. The normalized spacial score (nSPS) is 15.9. The number of hydrogen-bond acceptors (Lipinski definition) is 6. The number of amides is 1. The molecule has 1 atom stereocenters. The van der Waals surface area contributed by atoms with Crippen LogP contribution >= 0.6 is 0 Å². The van der Waals surface area contributed by atoms with E-state index in [2.05, 4.69) is 5.32 Å². The van der Waals surface area contributed by atoms with Crippen LogP contribution < -0.4 is 14.8 Å². The van der Waals surface area contributed by atoms with Crippen LogP contribution in [0.5, 0.6) is 11.5 Å². The number of para-hydroxylation sites is 1. The van der Waals surface area contributed by atoms with Crippen molar-refractivity contribution >= 4 is 16.8 Å². The highest BCUT2D eigenvalue weighted by molar-refractivity contribution is 5.98. The Morgan fingerprint density at radius 1 is 1.10 bits per heavy atom. The Hall–Kier alpha value is -3.37. The van der Waals surface area contributed by atoms with E-state index in [0.29, 0.717) is 34.6 Å². The van der Waals surface area contributed by atoms with E-state index in [-0.39, 0.29) is 36.9 Å². The van der Waals surface area contributed by atoms with Gasteiger partial charge in [-0.15, -0.1) is 0 Å². The van der Waals surface area contributed by atoms with E-state index in [1.165, 1.54) is 12.1 Å². The highest BCUT2D eigenvalue weighted by Crippen LogP contribution is 2.34. The molecule has 4 rings (SSSR count). The third kappa shape index (κ3) is 6.99. The second-order valence-corrected chi connectivity index (χ2v) is 9.79. The fourth-order valence-corrected chi connectivity index (χ4v) is 4.75. The van der Waals surface area contributed by atoms with Crippen molar-refractivity contribution in [3.05, 3.63) is 65.4 Å². The Labute approximate surface area is 226 Å². The third-order valence-electron chi connectivity index (χ3n) is 6.66. The van der Waals surface area contributed by atoms with Crippen LogP contribution in [0.4, 0.5) is 13.2 Å². The van der Waals surface area contributed by atoms with Crippen molar-refractivity contribution in [3.63, 3.8) is 0 Å². The van der Waals surface area contributed by atoms with E-state index in [1.54, 1.807) is 25.3 Å². The largest absolute Gasteiger partial charge is 0.490 e. The van der Waals surface area contributed by atoms with Gasteiger partial charge in [0.2, 0.25) is 0 Å². The summed E-state index contributed by atoms with van der Waals surface area (Å²) in [4.78, 5) is 20.4. The van der Waals surface area contributed by atoms with Gasteiger partial charge in [-0.05, 0) is 63.1 Å². The zero-order valence-corrected chi connectivity index (χ0v) is 22.4. The molecule has 1 fully saturated rings. The van der Waals surface area contributed by atoms with Gasteiger partial charge < -0.3 is 24.4 Å². The van der Waals surface area contributed by atoms with Crippen molar-refractivity contribution in [2.75, 3.05) is 33.4 Å². The molecule has 1 aliphatic rings. The number of nitrogens with zero attached hydrogens (tertiary/aromatic N) is 2. The smallest absolute Gasteiger partial charge is 0.416 e. The maximum atomic E-state index is 13.8. The number of carbonyl (C=O) groups excluding carboxylic acids is 1. The lowest BCUT2D eigenvalue weighted by molar-refractivity contribution is -0.137. The molecule has 2 heterocycles. The topological polar surface area (TPSA) is 72.9 Å². The van der Waals surface area contributed by atoms with Crippen molar-refractivity contribution < 1.29 is 32.2 Å². The van der Waals surface area contributed by atoms with Gasteiger partial charge in [0.15, 0.2) is 0 Å². The average molecular weight is 546 g/mol. The summed E-state index contributed by atoms with van der Waals surface area (Å²) >= 11 is 0. The van der Waals surface area contributed by atoms with Crippen LogP contribution in [0.2, 0.25) is 0 Å². The summed E-state index contributed by atoms with van der Waals surface area (Å²) in [5.41, 5.74) is 0.523. The van der Waals surface area contributed by atoms with Gasteiger partial charge in [-0.1, -0.05) is 18.2 Å². The Bertz CT molecular complexity index is 1260. The second kappa shape index (κ2) is 12.7. The monoisotopic (exact) mass is 545 g/mol. The number of halogens is 3. The van der Waals surface area contributed by atoms with Crippen LogP contribution in [0.25, 0.3) is 10.9 Å². The second-order valence-electron chi connectivity index (χ2n) is 9.79. The average Bonchev–Trinajstić information content (AvgIpc) is 2.92. The van der Waals surface area contributed by atoms with Gasteiger partial charge in [0.1, 0.15) is 35.9 Å². The molecule has 39 heavy (non-hydrogen) atoms. The van der Waals surface area contributed by atoms with E-state index < -0.39 is 11.7 Å². The SMILES string of the molecule is COCCOc1cc(C(=O)N(C(C)C)[C@@H]2CCCNC2)nc2c(OCc3ccc(C(F)(F)F)cc3)cccc12.